The lowest BCUT2D eigenvalue weighted by molar-refractivity contribution is 0.0971. The van der Waals surface area contributed by atoms with Gasteiger partial charge in [-0.15, -0.1) is 0 Å². The van der Waals surface area contributed by atoms with Gasteiger partial charge in [-0.3, -0.25) is 9.69 Å². The molecule has 0 amide bonds. The van der Waals surface area contributed by atoms with Crippen LogP contribution in [0.2, 0.25) is 5.02 Å². The molecule has 2 aromatic rings. The monoisotopic (exact) mass is 438 g/mol. The summed E-state index contributed by atoms with van der Waals surface area (Å²) < 4.78 is 0. The second-order valence-corrected chi connectivity index (χ2v) is 9.76. The van der Waals surface area contributed by atoms with E-state index in [1.54, 1.807) is 0 Å². The highest BCUT2D eigenvalue weighted by Crippen LogP contribution is 2.29. The second-order valence-electron chi connectivity index (χ2n) is 9.33. The Morgan fingerprint density at radius 1 is 0.968 bits per heavy atom. The molecule has 0 aromatic heterocycles. The summed E-state index contributed by atoms with van der Waals surface area (Å²) in [5.41, 5.74) is 4.78. The zero-order chi connectivity index (χ0) is 21.6. The van der Waals surface area contributed by atoms with Crippen LogP contribution in [0.4, 0.5) is 0 Å². The summed E-state index contributed by atoms with van der Waals surface area (Å²) in [7, 11) is 0. The average Bonchev–Trinajstić information content (AvgIpc) is 3.28. The molecular weight excluding hydrogens is 404 g/mol. The molecule has 4 rings (SSSR count). The molecule has 0 N–H and O–H groups in total. The molecule has 2 aliphatic rings. The number of carbonyl (C=O) groups is 1. The first-order valence-corrected chi connectivity index (χ1v) is 12.3. The fourth-order valence-electron chi connectivity index (χ4n) is 5.16. The van der Waals surface area contributed by atoms with Crippen molar-refractivity contribution in [3.63, 3.8) is 0 Å². The van der Waals surface area contributed by atoms with E-state index < -0.39 is 0 Å². The molecule has 2 heterocycles. The highest BCUT2D eigenvalue weighted by Gasteiger charge is 2.21. The van der Waals surface area contributed by atoms with Crippen molar-refractivity contribution in [2.45, 2.75) is 57.9 Å². The Morgan fingerprint density at radius 3 is 2.35 bits per heavy atom. The summed E-state index contributed by atoms with van der Waals surface area (Å²) in [5, 5.41) is 0.808. The average molecular weight is 439 g/mol. The van der Waals surface area contributed by atoms with Crippen molar-refractivity contribution in [3.05, 3.63) is 69.7 Å². The molecular formula is C27H35ClN2O. The zero-order valence-electron chi connectivity index (χ0n) is 18.8. The second kappa shape index (κ2) is 10.8. The van der Waals surface area contributed by atoms with E-state index in [4.69, 9.17) is 11.6 Å². The van der Waals surface area contributed by atoms with E-state index in [0.29, 0.717) is 18.1 Å². The van der Waals surface area contributed by atoms with Crippen molar-refractivity contribution in [1.29, 1.82) is 0 Å². The third-order valence-corrected chi connectivity index (χ3v) is 7.26. The van der Waals surface area contributed by atoms with Gasteiger partial charge in [-0.2, -0.15) is 0 Å². The zero-order valence-corrected chi connectivity index (χ0v) is 19.5. The number of hydrogen-bond donors (Lipinski definition) is 0. The normalized spacial score (nSPS) is 18.5. The molecule has 166 valence electrons. The van der Waals surface area contributed by atoms with E-state index in [1.165, 1.54) is 49.9 Å². The molecule has 0 bridgehead atoms. The van der Waals surface area contributed by atoms with Gasteiger partial charge in [0.15, 0.2) is 5.78 Å². The molecule has 2 saturated heterocycles. The highest BCUT2D eigenvalue weighted by molar-refractivity contribution is 6.30. The number of rotatable bonds is 8. The van der Waals surface area contributed by atoms with Crippen molar-refractivity contribution >= 4 is 17.4 Å². The molecule has 0 aliphatic carbocycles. The van der Waals surface area contributed by atoms with Gasteiger partial charge in [0.2, 0.25) is 0 Å². The Kier molecular flexibility index (Phi) is 7.81. The van der Waals surface area contributed by atoms with Crippen molar-refractivity contribution < 1.29 is 4.79 Å². The number of nitrogens with zero attached hydrogens (tertiary/aromatic N) is 2. The van der Waals surface area contributed by atoms with Gasteiger partial charge < -0.3 is 4.90 Å². The fourth-order valence-corrected chi connectivity index (χ4v) is 5.28. The predicted octanol–water partition coefficient (Wildman–Crippen LogP) is 6.09. The van der Waals surface area contributed by atoms with Gasteiger partial charge in [-0.05, 0) is 106 Å². The molecule has 3 nitrogen and oxygen atoms in total. The number of benzene rings is 2. The SMILES string of the molecule is Cc1cc(CN2CCCC2)ccc1C(=O)CCCN1CCC(c2ccc(Cl)cc2)CC1. The van der Waals surface area contributed by atoms with Crippen molar-refractivity contribution in [3.8, 4) is 0 Å². The van der Waals surface area contributed by atoms with Crippen LogP contribution in [-0.2, 0) is 6.54 Å². The summed E-state index contributed by atoms with van der Waals surface area (Å²) in [5.74, 6) is 0.929. The van der Waals surface area contributed by atoms with Crippen LogP contribution in [0.15, 0.2) is 42.5 Å². The smallest absolute Gasteiger partial charge is 0.163 e. The molecule has 0 saturated carbocycles. The van der Waals surface area contributed by atoms with E-state index in [1.807, 2.05) is 12.1 Å². The first kappa shape index (κ1) is 22.5. The van der Waals surface area contributed by atoms with Crippen molar-refractivity contribution in [2.24, 2.45) is 0 Å². The number of Topliss-reactive ketones (excluding diaryl/α,β-unsaturated/α-hetero) is 1. The third-order valence-electron chi connectivity index (χ3n) is 7.00. The number of likely N-dealkylation sites (tertiary alicyclic amines) is 2. The predicted molar refractivity (Wildman–Crippen MR) is 129 cm³/mol. The van der Waals surface area contributed by atoms with Gasteiger partial charge in [-0.25, -0.2) is 0 Å². The van der Waals surface area contributed by atoms with E-state index >= 15 is 0 Å². The van der Waals surface area contributed by atoms with Crippen molar-refractivity contribution in [2.75, 3.05) is 32.7 Å². The molecule has 2 aliphatic heterocycles. The summed E-state index contributed by atoms with van der Waals surface area (Å²) in [6.45, 7) is 8.76. The van der Waals surface area contributed by atoms with Crippen molar-refractivity contribution in [1.82, 2.24) is 9.80 Å². The molecule has 2 aromatic carbocycles. The third kappa shape index (κ3) is 6.19. The lowest BCUT2D eigenvalue weighted by atomic mass is 9.89. The summed E-state index contributed by atoms with van der Waals surface area (Å²) in [6, 6.07) is 14.7. The summed E-state index contributed by atoms with van der Waals surface area (Å²) in [4.78, 5) is 17.8. The summed E-state index contributed by atoms with van der Waals surface area (Å²) in [6.07, 6.45) is 6.59. The van der Waals surface area contributed by atoms with Crippen LogP contribution < -0.4 is 0 Å². The van der Waals surface area contributed by atoms with E-state index in [2.05, 4.69) is 47.1 Å². The molecule has 0 atom stereocenters. The first-order valence-electron chi connectivity index (χ1n) is 11.9. The number of hydrogen-bond acceptors (Lipinski definition) is 3. The largest absolute Gasteiger partial charge is 0.303 e. The standard InChI is InChI=1S/C27H35ClN2O/c1-21-19-22(20-30-14-2-3-15-30)6-11-26(21)27(31)5-4-16-29-17-12-24(13-18-29)23-7-9-25(28)10-8-23/h6-11,19,24H,2-5,12-18,20H2,1H3. The van der Waals surface area contributed by atoms with Gasteiger partial charge in [-0.1, -0.05) is 41.9 Å². The number of ketones is 1. The lowest BCUT2D eigenvalue weighted by Gasteiger charge is -2.32. The van der Waals surface area contributed by atoms with Crippen LogP contribution in [0.25, 0.3) is 0 Å². The Morgan fingerprint density at radius 2 is 1.68 bits per heavy atom. The minimum absolute atomic E-state index is 0.293. The number of carbonyl (C=O) groups excluding carboxylic acids is 1. The minimum Gasteiger partial charge on any atom is -0.303 e. The van der Waals surface area contributed by atoms with Gasteiger partial charge in [0.05, 0.1) is 0 Å². The molecule has 0 radical (unpaired) electrons. The number of aryl methyl sites for hydroxylation is 1. The topological polar surface area (TPSA) is 23.6 Å². The van der Waals surface area contributed by atoms with E-state index in [9.17, 15) is 4.79 Å². The minimum atomic E-state index is 0.293. The van der Waals surface area contributed by atoms with Gasteiger partial charge >= 0.3 is 0 Å². The van der Waals surface area contributed by atoms with Crippen LogP contribution in [0, 0.1) is 6.92 Å². The fraction of sp³-hybridized carbons (Fsp3) is 0.519. The molecule has 0 spiro atoms. The summed E-state index contributed by atoms with van der Waals surface area (Å²) >= 11 is 6.01. The van der Waals surface area contributed by atoms with Gasteiger partial charge in [0.1, 0.15) is 0 Å². The van der Waals surface area contributed by atoms with Crippen LogP contribution >= 0.6 is 11.6 Å². The maximum atomic E-state index is 12.8. The lowest BCUT2D eigenvalue weighted by Crippen LogP contribution is -2.33. The van der Waals surface area contributed by atoms with Crippen LogP contribution in [0.5, 0.6) is 0 Å². The quantitative estimate of drug-likeness (QED) is 0.466. The van der Waals surface area contributed by atoms with Crippen LogP contribution in [0.1, 0.15) is 71.5 Å². The number of halogens is 1. The Bertz CT molecular complexity index is 865. The Hall–Kier alpha value is -1.68. The van der Waals surface area contributed by atoms with Gasteiger partial charge in [0, 0.05) is 23.6 Å². The highest BCUT2D eigenvalue weighted by atomic mass is 35.5. The van der Waals surface area contributed by atoms with Crippen LogP contribution in [0.3, 0.4) is 0 Å². The molecule has 0 unspecified atom stereocenters. The molecule has 31 heavy (non-hydrogen) atoms. The Balaban J connectivity index is 1.20. The van der Waals surface area contributed by atoms with E-state index in [-0.39, 0.29) is 0 Å². The van der Waals surface area contributed by atoms with Gasteiger partial charge in [0.25, 0.3) is 0 Å². The Labute approximate surface area is 192 Å². The maximum Gasteiger partial charge on any atom is 0.163 e. The number of piperidine rings is 1. The molecule has 2 fully saturated rings. The maximum absolute atomic E-state index is 12.8. The van der Waals surface area contributed by atoms with Crippen LogP contribution in [-0.4, -0.2) is 48.3 Å². The van der Waals surface area contributed by atoms with E-state index in [0.717, 1.165) is 48.7 Å². The molecule has 4 heteroatoms. The first-order chi connectivity index (χ1) is 15.1.